The van der Waals surface area contributed by atoms with Crippen molar-refractivity contribution in [3.05, 3.63) is 0 Å². The van der Waals surface area contributed by atoms with Gasteiger partial charge in [0.05, 0.1) is 12.6 Å². The Hall–Kier alpha value is -0.780. The van der Waals surface area contributed by atoms with Crippen LogP contribution in [-0.2, 0) is 4.79 Å². The minimum Gasteiger partial charge on any atom is -0.368 e. The minimum atomic E-state index is -4.29. The van der Waals surface area contributed by atoms with Gasteiger partial charge in [-0.25, -0.2) is 0 Å². The molecule has 0 saturated heterocycles. The maximum atomic E-state index is 11.9. The molecule has 1 unspecified atom stereocenters. The number of rotatable bonds is 4. The molecule has 0 aromatic carbocycles. The highest BCUT2D eigenvalue weighted by atomic mass is 19.4. The highest BCUT2D eigenvalue weighted by Crippen LogP contribution is 2.17. The van der Waals surface area contributed by atoms with Gasteiger partial charge in [0.15, 0.2) is 0 Å². The van der Waals surface area contributed by atoms with Crippen LogP contribution >= 0.6 is 0 Å². The zero-order valence-corrected chi connectivity index (χ0v) is 7.56. The Labute approximate surface area is 74.7 Å². The summed E-state index contributed by atoms with van der Waals surface area (Å²) in [4.78, 5) is 11.6. The summed E-state index contributed by atoms with van der Waals surface area (Å²) in [7, 11) is 1.23. The summed E-state index contributed by atoms with van der Waals surface area (Å²) in [6.45, 7) is 0.497. The van der Waals surface area contributed by atoms with E-state index in [1.165, 1.54) is 7.05 Å². The predicted molar refractivity (Wildman–Crippen MR) is 42.0 cm³/mol. The number of carbonyl (C=O) groups excluding carboxylic acids is 1. The van der Waals surface area contributed by atoms with Gasteiger partial charge in [-0.15, -0.1) is 0 Å². The number of primary amides is 1. The maximum absolute atomic E-state index is 11.9. The molecule has 0 rings (SSSR count). The SMILES string of the molecule is CCC(C(N)=O)N(C)CC(F)(F)F. The van der Waals surface area contributed by atoms with Crippen molar-refractivity contribution in [2.75, 3.05) is 13.6 Å². The van der Waals surface area contributed by atoms with Crippen molar-refractivity contribution in [2.45, 2.75) is 25.6 Å². The first-order valence-corrected chi connectivity index (χ1v) is 3.84. The average Bonchev–Trinajstić information content (AvgIpc) is 1.82. The van der Waals surface area contributed by atoms with E-state index >= 15 is 0 Å². The van der Waals surface area contributed by atoms with Crippen LogP contribution in [0.5, 0.6) is 0 Å². The van der Waals surface area contributed by atoms with Crippen LogP contribution in [0, 0.1) is 0 Å². The number of amides is 1. The molecule has 0 radical (unpaired) electrons. The van der Waals surface area contributed by atoms with Gasteiger partial charge in [-0.05, 0) is 13.5 Å². The van der Waals surface area contributed by atoms with Gasteiger partial charge >= 0.3 is 6.18 Å². The van der Waals surface area contributed by atoms with Gasteiger partial charge in [-0.3, -0.25) is 9.69 Å². The molecule has 3 nitrogen and oxygen atoms in total. The Bertz CT molecular complexity index is 181. The molecule has 0 saturated carbocycles. The number of carbonyl (C=O) groups is 1. The second-order valence-electron chi connectivity index (χ2n) is 2.86. The van der Waals surface area contributed by atoms with Gasteiger partial charge in [0.2, 0.25) is 5.91 Å². The second kappa shape index (κ2) is 4.45. The first-order valence-electron chi connectivity index (χ1n) is 3.84. The summed E-state index contributed by atoms with van der Waals surface area (Å²) in [5.41, 5.74) is 4.92. The van der Waals surface area contributed by atoms with Crippen molar-refractivity contribution < 1.29 is 18.0 Å². The Morgan fingerprint density at radius 3 is 2.23 bits per heavy atom. The fourth-order valence-electron chi connectivity index (χ4n) is 1.12. The zero-order valence-electron chi connectivity index (χ0n) is 7.56. The summed E-state index contributed by atoms with van der Waals surface area (Å²) < 4.78 is 35.6. The first-order chi connectivity index (χ1) is 5.78. The first kappa shape index (κ1) is 12.2. The molecule has 0 bridgehead atoms. The van der Waals surface area contributed by atoms with Crippen LogP contribution in [0.25, 0.3) is 0 Å². The van der Waals surface area contributed by atoms with Crippen LogP contribution in [0.4, 0.5) is 13.2 Å². The fraction of sp³-hybridized carbons (Fsp3) is 0.857. The quantitative estimate of drug-likeness (QED) is 0.724. The molecule has 0 aliphatic carbocycles. The normalized spacial score (nSPS) is 14.6. The Balaban J connectivity index is 4.22. The van der Waals surface area contributed by atoms with E-state index in [-0.39, 0.29) is 6.42 Å². The third kappa shape index (κ3) is 4.72. The highest BCUT2D eigenvalue weighted by Gasteiger charge is 2.32. The molecular weight excluding hydrogens is 185 g/mol. The van der Waals surface area contributed by atoms with E-state index in [0.717, 1.165) is 4.90 Å². The second-order valence-corrected chi connectivity index (χ2v) is 2.86. The third-order valence-electron chi connectivity index (χ3n) is 1.68. The van der Waals surface area contributed by atoms with Gasteiger partial charge in [0.1, 0.15) is 0 Å². The van der Waals surface area contributed by atoms with Crippen LogP contribution in [0.15, 0.2) is 0 Å². The number of hydrogen-bond donors (Lipinski definition) is 1. The van der Waals surface area contributed by atoms with Crippen LogP contribution in [-0.4, -0.2) is 36.6 Å². The molecule has 0 spiro atoms. The molecular formula is C7H13F3N2O. The lowest BCUT2D eigenvalue weighted by Crippen LogP contribution is -2.45. The summed E-state index contributed by atoms with van der Waals surface area (Å²) in [6, 6.07) is -0.846. The third-order valence-corrected chi connectivity index (χ3v) is 1.68. The lowest BCUT2D eigenvalue weighted by molar-refractivity contribution is -0.151. The van der Waals surface area contributed by atoms with E-state index in [1.54, 1.807) is 6.92 Å². The molecule has 0 fully saturated rings. The molecule has 0 aliphatic rings. The monoisotopic (exact) mass is 198 g/mol. The molecule has 0 aliphatic heterocycles. The van der Waals surface area contributed by atoms with Crippen molar-refractivity contribution in [3.8, 4) is 0 Å². The maximum Gasteiger partial charge on any atom is 0.401 e. The fourth-order valence-corrected chi connectivity index (χ4v) is 1.12. The smallest absolute Gasteiger partial charge is 0.368 e. The number of halogens is 3. The van der Waals surface area contributed by atoms with Crippen molar-refractivity contribution in [2.24, 2.45) is 5.73 Å². The number of nitrogens with zero attached hydrogens (tertiary/aromatic N) is 1. The molecule has 1 atom stereocenters. The molecule has 0 aromatic rings. The minimum absolute atomic E-state index is 0.280. The van der Waals surface area contributed by atoms with E-state index in [4.69, 9.17) is 5.73 Å². The van der Waals surface area contributed by atoms with E-state index in [9.17, 15) is 18.0 Å². The number of likely N-dealkylation sites (N-methyl/N-ethyl adjacent to an activating group) is 1. The van der Waals surface area contributed by atoms with Crippen LogP contribution in [0.2, 0.25) is 0 Å². The largest absolute Gasteiger partial charge is 0.401 e. The molecule has 0 heterocycles. The van der Waals surface area contributed by atoms with Gasteiger partial charge in [0.25, 0.3) is 0 Å². The van der Waals surface area contributed by atoms with E-state index in [0.29, 0.717) is 0 Å². The van der Waals surface area contributed by atoms with Crippen molar-refractivity contribution in [3.63, 3.8) is 0 Å². The lowest BCUT2D eigenvalue weighted by Gasteiger charge is -2.25. The summed E-state index contributed by atoms with van der Waals surface area (Å²) in [5.74, 6) is -0.728. The van der Waals surface area contributed by atoms with Crippen molar-refractivity contribution >= 4 is 5.91 Å². The van der Waals surface area contributed by atoms with Crippen molar-refractivity contribution in [1.29, 1.82) is 0 Å². The van der Waals surface area contributed by atoms with E-state index in [2.05, 4.69) is 0 Å². The number of hydrogen-bond acceptors (Lipinski definition) is 2. The molecule has 1 amide bonds. The summed E-state index contributed by atoms with van der Waals surface area (Å²) in [5, 5.41) is 0. The van der Waals surface area contributed by atoms with E-state index in [1.807, 2.05) is 0 Å². The van der Waals surface area contributed by atoms with Gasteiger partial charge in [-0.1, -0.05) is 6.92 Å². The van der Waals surface area contributed by atoms with Gasteiger partial charge < -0.3 is 5.73 Å². The van der Waals surface area contributed by atoms with Crippen LogP contribution < -0.4 is 5.73 Å². The molecule has 2 N–H and O–H groups in total. The standard InChI is InChI=1S/C7H13F3N2O/c1-3-5(6(11)13)12(2)4-7(8,9)10/h5H,3-4H2,1-2H3,(H2,11,13). The molecule has 6 heteroatoms. The average molecular weight is 198 g/mol. The number of alkyl halides is 3. The predicted octanol–water partition coefficient (Wildman–Crippen LogP) is 0.744. The highest BCUT2D eigenvalue weighted by molar-refractivity contribution is 5.79. The lowest BCUT2D eigenvalue weighted by atomic mass is 10.2. The Kier molecular flexibility index (Phi) is 4.19. The van der Waals surface area contributed by atoms with E-state index < -0.39 is 24.7 Å². The molecule has 13 heavy (non-hydrogen) atoms. The van der Waals surface area contributed by atoms with Crippen molar-refractivity contribution in [1.82, 2.24) is 4.90 Å². The van der Waals surface area contributed by atoms with Gasteiger partial charge in [0, 0.05) is 0 Å². The number of nitrogens with two attached hydrogens (primary N) is 1. The summed E-state index contributed by atoms with van der Waals surface area (Å²) >= 11 is 0. The topological polar surface area (TPSA) is 46.3 Å². The Morgan fingerprint density at radius 1 is 1.54 bits per heavy atom. The van der Waals surface area contributed by atoms with Crippen LogP contribution in [0.1, 0.15) is 13.3 Å². The van der Waals surface area contributed by atoms with Crippen LogP contribution in [0.3, 0.4) is 0 Å². The zero-order chi connectivity index (χ0) is 10.6. The Morgan fingerprint density at radius 2 is 2.00 bits per heavy atom. The molecule has 78 valence electrons. The van der Waals surface area contributed by atoms with Gasteiger partial charge in [-0.2, -0.15) is 13.2 Å². The summed E-state index contributed by atoms with van der Waals surface area (Å²) in [6.07, 6.45) is -4.01. The molecule has 0 aromatic heterocycles.